The van der Waals surface area contributed by atoms with Crippen molar-refractivity contribution in [2.45, 2.75) is 148 Å². The van der Waals surface area contributed by atoms with Gasteiger partial charge in [-0.05, 0) is 25.7 Å². The van der Waals surface area contributed by atoms with Crippen molar-refractivity contribution in [1.29, 1.82) is 0 Å². The monoisotopic (exact) mass is 394 g/mol. The molecule has 0 amide bonds. The molecule has 0 heterocycles. The Labute approximate surface area is 176 Å². The molecule has 0 aromatic rings. The second-order valence-corrected chi connectivity index (χ2v) is 8.50. The van der Waals surface area contributed by atoms with Crippen LogP contribution >= 0.6 is 0 Å². The van der Waals surface area contributed by atoms with Crippen LogP contribution in [0.5, 0.6) is 0 Å². The molecule has 0 aliphatic heterocycles. The van der Waals surface area contributed by atoms with Gasteiger partial charge in [0.15, 0.2) is 0 Å². The Morgan fingerprint density at radius 1 is 0.643 bits per heavy atom. The van der Waals surface area contributed by atoms with Crippen molar-refractivity contribution in [2.75, 3.05) is 0 Å². The molecule has 0 spiro atoms. The Bertz CT molecular complexity index is 337. The summed E-state index contributed by atoms with van der Waals surface area (Å²) in [6.45, 7) is 8.08. The molecule has 0 saturated heterocycles. The van der Waals surface area contributed by atoms with Gasteiger partial charge in [0, 0.05) is 6.08 Å². The summed E-state index contributed by atoms with van der Waals surface area (Å²) in [5, 5.41) is 0. The van der Waals surface area contributed by atoms with Crippen molar-refractivity contribution < 1.29 is 9.53 Å². The predicted molar refractivity (Wildman–Crippen MR) is 124 cm³/mol. The van der Waals surface area contributed by atoms with Crippen LogP contribution in [0.3, 0.4) is 0 Å². The van der Waals surface area contributed by atoms with Gasteiger partial charge in [0.05, 0.1) is 0 Å². The van der Waals surface area contributed by atoms with Gasteiger partial charge in [-0.3, -0.25) is 0 Å². The van der Waals surface area contributed by atoms with Crippen LogP contribution in [0.1, 0.15) is 142 Å². The van der Waals surface area contributed by atoms with E-state index in [4.69, 9.17) is 4.74 Å². The summed E-state index contributed by atoms with van der Waals surface area (Å²) in [7, 11) is 0. The lowest BCUT2D eigenvalue weighted by Crippen LogP contribution is -2.16. The Morgan fingerprint density at radius 2 is 0.964 bits per heavy atom. The third-order valence-corrected chi connectivity index (χ3v) is 5.71. The minimum atomic E-state index is -0.253. The van der Waals surface area contributed by atoms with E-state index in [0.717, 1.165) is 12.8 Å². The summed E-state index contributed by atoms with van der Waals surface area (Å²) in [6.07, 6.45) is 27.5. The van der Waals surface area contributed by atoms with Crippen molar-refractivity contribution in [3.05, 3.63) is 12.7 Å². The van der Waals surface area contributed by atoms with Crippen molar-refractivity contribution >= 4 is 5.97 Å². The van der Waals surface area contributed by atoms with Crippen LogP contribution in [0.25, 0.3) is 0 Å². The standard InChI is InChI=1S/C26H50O2/c1-4-7-9-11-13-15-16-18-20-22-24-25(28-26(27)6-3)23-21-19-17-14-12-10-8-5-2/h6,25H,3-5,7-24H2,1-2H3. The molecule has 2 nitrogen and oxygen atoms in total. The van der Waals surface area contributed by atoms with Crippen LogP contribution in [-0.2, 0) is 9.53 Å². The van der Waals surface area contributed by atoms with Crippen LogP contribution in [0.2, 0.25) is 0 Å². The van der Waals surface area contributed by atoms with Gasteiger partial charge in [0.2, 0.25) is 0 Å². The van der Waals surface area contributed by atoms with Crippen LogP contribution in [-0.4, -0.2) is 12.1 Å². The number of carbonyl (C=O) groups is 1. The van der Waals surface area contributed by atoms with Crippen molar-refractivity contribution in [2.24, 2.45) is 0 Å². The number of carbonyl (C=O) groups excluding carboxylic acids is 1. The summed E-state index contributed by atoms with van der Waals surface area (Å²) in [5.74, 6) is -0.253. The minimum Gasteiger partial charge on any atom is -0.459 e. The molecule has 0 radical (unpaired) electrons. The minimum absolute atomic E-state index is 0.0969. The lowest BCUT2D eigenvalue weighted by Gasteiger charge is -2.17. The Hall–Kier alpha value is -0.790. The molecule has 0 rings (SSSR count). The maximum atomic E-state index is 11.6. The summed E-state index contributed by atoms with van der Waals surface area (Å²) in [4.78, 5) is 11.6. The Balaban J connectivity index is 3.70. The Morgan fingerprint density at radius 3 is 1.29 bits per heavy atom. The van der Waals surface area contributed by atoms with Gasteiger partial charge in [-0.1, -0.05) is 123 Å². The van der Waals surface area contributed by atoms with Gasteiger partial charge in [0.1, 0.15) is 6.10 Å². The number of hydrogen-bond donors (Lipinski definition) is 0. The predicted octanol–water partition coefficient (Wildman–Crippen LogP) is 8.93. The molecule has 0 N–H and O–H groups in total. The zero-order chi connectivity index (χ0) is 20.7. The van der Waals surface area contributed by atoms with E-state index < -0.39 is 0 Å². The zero-order valence-corrected chi connectivity index (χ0v) is 19.3. The highest BCUT2D eigenvalue weighted by Crippen LogP contribution is 2.18. The highest BCUT2D eigenvalue weighted by Gasteiger charge is 2.12. The first kappa shape index (κ1) is 27.2. The van der Waals surface area contributed by atoms with Crippen LogP contribution in [0.15, 0.2) is 12.7 Å². The van der Waals surface area contributed by atoms with Gasteiger partial charge in [-0.25, -0.2) is 4.79 Å². The molecule has 0 saturated carbocycles. The maximum Gasteiger partial charge on any atom is 0.330 e. The largest absolute Gasteiger partial charge is 0.459 e. The van der Waals surface area contributed by atoms with Crippen LogP contribution < -0.4 is 0 Å². The fourth-order valence-electron chi connectivity index (χ4n) is 3.84. The molecule has 166 valence electrons. The van der Waals surface area contributed by atoms with E-state index >= 15 is 0 Å². The average molecular weight is 395 g/mol. The van der Waals surface area contributed by atoms with E-state index in [0.29, 0.717) is 0 Å². The number of unbranched alkanes of at least 4 members (excludes halogenated alkanes) is 16. The highest BCUT2D eigenvalue weighted by atomic mass is 16.5. The molecular weight excluding hydrogens is 344 g/mol. The summed E-state index contributed by atoms with van der Waals surface area (Å²) < 4.78 is 5.58. The molecule has 1 unspecified atom stereocenters. The SMILES string of the molecule is C=CC(=O)OC(CCCCCCCCCC)CCCCCCCCCCCC. The summed E-state index contributed by atoms with van der Waals surface area (Å²) in [6, 6.07) is 0. The van der Waals surface area contributed by atoms with Crippen LogP contribution in [0, 0.1) is 0 Å². The molecule has 28 heavy (non-hydrogen) atoms. The third kappa shape index (κ3) is 20.0. The first-order chi connectivity index (χ1) is 13.7. The lowest BCUT2D eigenvalue weighted by molar-refractivity contribution is -0.143. The van der Waals surface area contributed by atoms with E-state index in [-0.39, 0.29) is 12.1 Å². The molecule has 0 bridgehead atoms. The van der Waals surface area contributed by atoms with Gasteiger partial charge in [-0.15, -0.1) is 0 Å². The Kier molecular flexibility index (Phi) is 21.9. The normalized spacial score (nSPS) is 12.1. The number of ether oxygens (including phenoxy) is 1. The number of hydrogen-bond acceptors (Lipinski definition) is 2. The van der Waals surface area contributed by atoms with E-state index in [9.17, 15) is 4.79 Å². The fraction of sp³-hybridized carbons (Fsp3) is 0.885. The maximum absolute atomic E-state index is 11.6. The van der Waals surface area contributed by atoms with E-state index in [2.05, 4.69) is 20.4 Å². The molecule has 0 aromatic heterocycles. The van der Waals surface area contributed by atoms with Crippen LogP contribution in [0.4, 0.5) is 0 Å². The first-order valence-electron chi connectivity index (χ1n) is 12.6. The van der Waals surface area contributed by atoms with Gasteiger partial charge >= 0.3 is 5.97 Å². The highest BCUT2D eigenvalue weighted by molar-refractivity contribution is 5.81. The molecule has 1 atom stereocenters. The van der Waals surface area contributed by atoms with E-state index in [1.54, 1.807) is 0 Å². The van der Waals surface area contributed by atoms with Crippen molar-refractivity contribution in [3.8, 4) is 0 Å². The van der Waals surface area contributed by atoms with E-state index in [1.807, 2.05) is 0 Å². The molecule has 2 heteroatoms. The first-order valence-corrected chi connectivity index (χ1v) is 12.6. The molecule has 0 aliphatic rings. The van der Waals surface area contributed by atoms with Crippen molar-refractivity contribution in [1.82, 2.24) is 0 Å². The van der Waals surface area contributed by atoms with Gasteiger partial charge < -0.3 is 4.74 Å². The number of esters is 1. The third-order valence-electron chi connectivity index (χ3n) is 5.71. The zero-order valence-electron chi connectivity index (χ0n) is 19.3. The summed E-state index contributed by atoms with van der Waals surface area (Å²) in [5.41, 5.74) is 0. The lowest BCUT2D eigenvalue weighted by atomic mass is 10.0. The second-order valence-electron chi connectivity index (χ2n) is 8.50. The smallest absolute Gasteiger partial charge is 0.330 e. The van der Waals surface area contributed by atoms with E-state index in [1.165, 1.54) is 122 Å². The molecule has 0 aliphatic carbocycles. The average Bonchev–Trinajstić information content (AvgIpc) is 2.70. The van der Waals surface area contributed by atoms with Gasteiger partial charge in [0.25, 0.3) is 0 Å². The van der Waals surface area contributed by atoms with Gasteiger partial charge in [-0.2, -0.15) is 0 Å². The molecule has 0 fully saturated rings. The fourth-order valence-corrected chi connectivity index (χ4v) is 3.84. The summed E-state index contributed by atoms with van der Waals surface area (Å²) >= 11 is 0. The quantitative estimate of drug-likeness (QED) is 0.104. The molecule has 0 aromatic carbocycles. The second kappa shape index (κ2) is 22.5. The molecular formula is C26H50O2. The number of rotatable bonds is 22. The van der Waals surface area contributed by atoms with Crippen molar-refractivity contribution in [3.63, 3.8) is 0 Å². The topological polar surface area (TPSA) is 26.3 Å².